The Bertz CT molecular complexity index is 577. The monoisotopic (exact) mass is 240 g/mol. The lowest BCUT2D eigenvalue weighted by Crippen LogP contribution is -2.29. The molecule has 3 rings (SSSR count). The molecule has 0 radical (unpaired) electrons. The van der Waals surface area contributed by atoms with Crippen LogP contribution in [-0.2, 0) is 0 Å². The SMILES string of the molecule is O=C(c1ccccc1)[C@@H]1Oc2ccccc2[C@@H]1O. The molecule has 0 amide bonds. The van der Waals surface area contributed by atoms with Crippen molar-refractivity contribution >= 4 is 5.78 Å². The number of Topliss-reactive ketones (excluding diaryl/α,β-unsaturated/α-hetero) is 1. The highest BCUT2D eigenvalue weighted by atomic mass is 16.5. The van der Waals surface area contributed by atoms with E-state index >= 15 is 0 Å². The van der Waals surface area contributed by atoms with Gasteiger partial charge in [-0.2, -0.15) is 0 Å². The number of hydrogen-bond acceptors (Lipinski definition) is 3. The van der Waals surface area contributed by atoms with Crippen LogP contribution in [-0.4, -0.2) is 17.0 Å². The summed E-state index contributed by atoms with van der Waals surface area (Å²) in [7, 11) is 0. The summed E-state index contributed by atoms with van der Waals surface area (Å²) in [6.45, 7) is 0. The second kappa shape index (κ2) is 4.27. The molecule has 90 valence electrons. The number of carbonyl (C=O) groups is 1. The van der Waals surface area contributed by atoms with Gasteiger partial charge in [0.2, 0.25) is 5.78 Å². The van der Waals surface area contributed by atoms with Crippen LogP contribution < -0.4 is 4.74 Å². The summed E-state index contributed by atoms with van der Waals surface area (Å²) >= 11 is 0. The molecule has 1 N–H and O–H groups in total. The average Bonchev–Trinajstić information content (AvgIpc) is 2.77. The second-order valence-electron chi connectivity index (χ2n) is 4.25. The van der Waals surface area contributed by atoms with E-state index in [4.69, 9.17) is 4.74 Å². The van der Waals surface area contributed by atoms with Crippen molar-refractivity contribution in [2.24, 2.45) is 0 Å². The molecule has 2 atom stereocenters. The quantitative estimate of drug-likeness (QED) is 0.820. The highest BCUT2D eigenvalue weighted by Crippen LogP contribution is 2.37. The third-order valence-electron chi connectivity index (χ3n) is 3.10. The Hall–Kier alpha value is -2.13. The molecule has 1 aliphatic heterocycles. The lowest BCUT2D eigenvalue weighted by atomic mass is 9.99. The molecular weight excluding hydrogens is 228 g/mol. The van der Waals surface area contributed by atoms with Crippen molar-refractivity contribution < 1.29 is 14.6 Å². The molecule has 1 aliphatic rings. The number of ether oxygens (including phenoxy) is 1. The summed E-state index contributed by atoms with van der Waals surface area (Å²) in [6, 6.07) is 16.1. The molecule has 0 bridgehead atoms. The van der Waals surface area contributed by atoms with Crippen LogP contribution in [0.2, 0.25) is 0 Å². The Balaban J connectivity index is 1.91. The number of hydrogen-bond donors (Lipinski definition) is 1. The van der Waals surface area contributed by atoms with Crippen LogP contribution >= 0.6 is 0 Å². The zero-order valence-corrected chi connectivity index (χ0v) is 9.61. The maximum atomic E-state index is 12.2. The Labute approximate surface area is 105 Å². The normalized spacial score (nSPS) is 21.2. The topological polar surface area (TPSA) is 46.5 Å². The largest absolute Gasteiger partial charge is 0.479 e. The van der Waals surface area contributed by atoms with Crippen LogP contribution in [0.4, 0.5) is 0 Å². The minimum atomic E-state index is -0.895. The van der Waals surface area contributed by atoms with E-state index < -0.39 is 12.2 Å². The van der Waals surface area contributed by atoms with Crippen molar-refractivity contribution in [1.82, 2.24) is 0 Å². The van der Waals surface area contributed by atoms with Crippen molar-refractivity contribution in [3.63, 3.8) is 0 Å². The van der Waals surface area contributed by atoms with Gasteiger partial charge < -0.3 is 9.84 Å². The number of ketones is 1. The molecule has 0 spiro atoms. The molecule has 0 fully saturated rings. The van der Waals surface area contributed by atoms with E-state index in [-0.39, 0.29) is 5.78 Å². The predicted octanol–water partition coefficient (Wildman–Crippen LogP) is 2.36. The fourth-order valence-corrected chi connectivity index (χ4v) is 2.16. The standard InChI is InChI=1S/C15H12O3/c16-13(10-6-2-1-3-7-10)15-14(17)11-8-4-5-9-12(11)18-15/h1-9,14-15,17H/t14-,15-/m0/s1. The molecule has 0 aromatic heterocycles. The van der Waals surface area contributed by atoms with Gasteiger partial charge in [0.25, 0.3) is 0 Å². The first-order valence-corrected chi connectivity index (χ1v) is 5.80. The van der Waals surface area contributed by atoms with Crippen LogP contribution in [0.15, 0.2) is 54.6 Å². The van der Waals surface area contributed by atoms with Crippen LogP contribution in [0.1, 0.15) is 22.0 Å². The van der Waals surface area contributed by atoms with Crippen LogP contribution in [0.5, 0.6) is 5.75 Å². The Morgan fingerprint density at radius 2 is 1.67 bits per heavy atom. The minimum absolute atomic E-state index is 0.195. The van der Waals surface area contributed by atoms with Crippen molar-refractivity contribution in [2.45, 2.75) is 12.2 Å². The number of aliphatic hydroxyl groups excluding tert-OH is 1. The van der Waals surface area contributed by atoms with Gasteiger partial charge >= 0.3 is 0 Å². The second-order valence-corrected chi connectivity index (χ2v) is 4.25. The van der Waals surface area contributed by atoms with Gasteiger partial charge in [-0.3, -0.25) is 4.79 Å². The van der Waals surface area contributed by atoms with E-state index in [0.29, 0.717) is 16.9 Å². The fourth-order valence-electron chi connectivity index (χ4n) is 2.16. The van der Waals surface area contributed by atoms with Gasteiger partial charge in [0.15, 0.2) is 6.10 Å². The Morgan fingerprint density at radius 1 is 1.00 bits per heavy atom. The molecule has 18 heavy (non-hydrogen) atoms. The van der Waals surface area contributed by atoms with E-state index in [2.05, 4.69) is 0 Å². The number of aliphatic hydroxyl groups is 1. The third kappa shape index (κ3) is 1.69. The Kier molecular flexibility index (Phi) is 2.61. The van der Waals surface area contributed by atoms with E-state index in [1.54, 1.807) is 36.4 Å². The summed E-state index contributed by atoms with van der Waals surface area (Å²) in [5.41, 5.74) is 1.22. The first-order chi connectivity index (χ1) is 8.77. The van der Waals surface area contributed by atoms with Crippen molar-refractivity contribution in [3.8, 4) is 5.75 Å². The number of benzene rings is 2. The van der Waals surface area contributed by atoms with Gasteiger partial charge in [-0.05, 0) is 6.07 Å². The number of fused-ring (bicyclic) bond motifs is 1. The summed E-state index contributed by atoms with van der Waals surface area (Å²) < 4.78 is 5.54. The highest BCUT2D eigenvalue weighted by Gasteiger charge is 2.38. The molecule has 1 heterocycles. The molecular formula is C15H12O3. The van der Waals surface area contributed by atoms with Gasteiger partial charge in [0, 0.05) is 11.1 Å². The molecule has 3 nitrogen and oxygen atoms in total. The first kappa shape index (κ1) is 11.0. The average molecular weight is 240 g/mol. The smallest absolute Gasteiger partial charge is 0.206 e. The lowest BCUT2D eigenvalue weighted by Gasteiger charge is -2.13. The fraction of sp³-hybridized carbons (Fsp3) is 0.133. The molecule has 2 aromatic rings. The van der Waals surface area contributed by atoms with Gasteiger partial charge in [-0.1, -0.05) is 48.5 Å². The zero-order chi connectivity index (χ0) is 12.5. The van der Waals surface area contributed by atoms with E-state index in [1.807, 2.05) is 18.2 Å². The summed E-state index contributed by atoms with van der Waals surface area (Å²) in [5.74, 6) is 0.388. The maximum absolute atomic E-state index is 12.2. The first-order valence-electron chi connectivity index (χ1n) is 5.80. The molecule has 0 saturated carbocycles. The van der Waals surface area contributed by atoms with Crippen LogP contribution in [0.25, 0.3) is 0 Å². The minimum Gasteiger partial charge on any atom is -0.479 e. The van der Waals surface area contributed by atoms with E-state index in [1.165, 1.54) is 0 Å². The highest BCUT2D eigenvalue weighted by molar-refractivity contribution is 6.00. The molecule has 0 saturated heterocycles. The zero-order valence-electron chi connectivity index (χ0n) is 9.61. The van der Waals surface area contributed by atoms with Crippen molar-refractivity contribution in [3.05, 3.63) is 65.7 Å². The van der Waals surface area contributed by atoms with Gasteiger partial charge in [0.1, 0.15) is 11.9 Å². The Morgan fingerprint density at radius 3 is 2.39 bits per heavy atom. The van der Waals surface area contributed by atoms with Gasteiger partial charge in [-0.15, -0.1) is 0 Å². The van der Waals surface area contributed by atoms with Crippen LogP contribution in [0.3, 0.4) is 0 Å². The molecule has 0 aliphatic carbocycles. The maximum Gasteiger partial charge on any atom is 0.206 e. The number of para-hydroxylation sites is 1. The molecule has 0 unspecified atom stereocenters. The number of carbonyl (C=O) groups excluding carboxylic acids is 1. The summed E-state index contributed by atoms with van der Waals surface area (Å²) in [6.07, 6.45) is -1.74. The van der Waals surface area contributed by atoms with Gasteiger partial charge in [0.05, 0.1) is 0 Å². The number of rotatable bonds is 2. The predicted molar refractivity (Wildman–Crippen MR) is 66.6 cm³/mol. The lowest BCUT2D eigenvalue weighted by molar-refractivity contribution is 0.0493. The van der Waals surface area contributed by atoms with Crippen LogP contribution in [0, 0.1) is 0 Å². The third-order valence-corrected chi connectivity index (χ3v) is 3.10. The molecule has 2 aromatic carbocycles. The molecule has 3 heteroatoms. The van der Waals surface area contributed by atoms with Crippen molar-refractivity contribution in [1.29, 1.82) is 0 Å². The van der Waals surface area contributed by atoms with Gasteiger partial charge in [-0.25, -0.2) is 0 Å². The summed E-state index contributed by atoms with van der Waals surface area (Å²) in [4.78, 5) is 12.2. The summed E-state index contributed by atoms with van der Waals surface area (Å²) in [5, 5.41) is 10.1. The van der Waals surface area contributed by atoms with E-state index in [0.717, 1.165) is 0 Å². The van der Waals surface area contributed by atoms with E-state index in [9.17, 15) is 9.90 Å². The van der Waals surface area contributed by atoms with Crippen molar-refractivity contribution in [2.75, 3.05) is 0 Å².